The maximum atomic E-state index is 12.1. The van der Waals surface area contributed by atoms with Crippen LogP contribution >= 0.6 is 0 Å². The Labute approximate surface area is 147 Å². The molecule has 1 saturated carbocycles. The summed E-state index contributed by atoms with van der Waals surface area (Å²) in [6, 6.07) is 5.96. The number of carbonyl (C=O) groups is 3. The van der Waals surface area contributed by atoms with E-state index in [9.17, 15) is 14.4 Å². The van der Waals surface area contributed by atoms with Gasteiger partial charge in [0.15, 0.2) is 6.10 Å². The number of amides is 3. The van der Waals surface area contributed by atoms with Crippen LogP contribution in [0.2, 0.25) is 0 Å². The summed E-state index contributed by atoms with van der Waals surface area (Å²) >= 11 is 0. The Kier molecular flexibility index (Phi) is 6.80. The highest BCUT2D eigenvalue weighted by Crippen LogP contribution is 2.17. The van der Waals surface area contributed by atoms with Crippen LogP contribution in [-0.4, -0.2) is 37.2 Å². The Morgan fingerprint density at radius 2 is 1.88 bits per heavy atom. The first kappa shape index (κ1) is 18.8. The number of nitrogens with one attached hydrogen (secondary N) is 2. The molecule has 1 aliphatic rings. The summed E-state index contributed by atoms with van der Waals surface area (Å²) in [5.74, 6) is -0.808. The summed E-state index contributed by atoms with van der Waals surface area (Å²) in [6.45, 7) is 1.42. The number of urea groups is 1. The molecule has 1 atom stereocenters. The molecule has 0 heterocycles. The number of carbonyl (C=O) groups excluding carboxylic acids is 3. The fourth-order valence-corrected chi connectivity index (χ4v) is 2.71. The van der Waals surface area contributed by atoms with Crippen LogP contribution in [0.25, 0.3) is 0 Å². The van der Waals surface area contributed by atoms with Crippen LogP contribution in [0.15, 0.2) is 24.3 Å². The predicted molar refractivity (Wildman–Crippen MR) is 91.4 cm³/mol. The molecule has 3 amide bonds. The first-order chi connectivity index (χ1) is 12.0. The summed E-state index contributed by atoms with van der Waals surface area (Å²) in [6.07, 6.45) is 4.08. The second kappa shape index (κ2) is 9.05. The van der Waals surface area contributed by atoms with Crippen molar-refractivity contribution in [2.45, 2.75) is 51.2 Å². The summed E-state index contributed by atoms with van der Waals surface area (Å²) in [5.41, 5.74) is 0.269. The highest BCUT2D eigenvalue weighted by molar-refractivity contribution is 5.98. The van der Waals surface area contributed by atoms with Gasteiger partial charge in [0.05, 0.1) is 12.7 Å². The standard InChI is InChI=1S/C18H24N2O5/c1-12(25-17(22)13-7-6-10-15(11-13)24-2)16(21)20-18(23)19-14-8-4-3-5-9-14/h6-7,10-12,14H,3-5,8-9H2,1-2H3,(H2,19,20,21,23)/t12-/m0/s1. The lowest BCUT2D eigenvalue weighted by molar-refractivity contribution is -0.127. The lowest BCUT2D eigenvalue weighted by Crippen LogP contribution is -2.48. The maximum Gasteiger partial charge on any atom is 0.339 e. The number of hydrogen-bond acceptors (Lipinski definition) is 5. The summed E-state index contributed by atoms with van der Waals surface area (Å²) in [4.78, 5) is 35.9. The van der Waals surface area contributed by atoms with Crippen molar-refractivity contribution in [2.75, 3.05) is 7.11 Å². The van der Waals surface area contributed by atoms with E-state index in [1.165, 1.54) is 26.5 Å². The van der Waals surface area contributed by atoms with Gasteiger partial charge in [-0.15, -0.1) is 0 Å². The third kappa shape index (κ3) is 5.77. The molecule has 0 radical (unpaired) electrons. The van der Waals surface area contributed by atoms with Gasteiger partial charge in [0, 0.05) is 6.04 Å². The fourth-order valence-electron chi connectivity index (χ4n) is 2.71. The van der Waals surface area contributed by atoms with E-state index in [1.54, 1.807) is 18.2 Å². The van der Waals surface area contributed by atoms with Gasteiger partial charge in [-0.2, -0.15) is 0 Å². The highest BCUT2D eigenvalue weighted by Gasteiger charge is 2.22. The molecular weight excluding hydrogens is 324 g/mol. The highest BCUT2D eigenvalue weighted by atomic mass is 16.5. The number of imide groups is 1. The molecule has 2 N–H and O–H groups in total. The second-order valence-electron chi connectivity index (χ2n) is 6.08. The molecule has 1 fully saturated rings. The third-order valence-electron chi connectivity index (χ3n) is 4.14. The monoisotopic (exact) mass is 348 g/mol. The summed E-state index contributed by atoms with van der Waals surface area (Å²) < 4.78 is 10.1. The molecule has 0 bridgehead atoms. The Morgan fingerprint density at radius 3 is 2.56 bits per heavy atom. The zero-order valence-corrected chi connectivity index (χ0v) is 14.5. The largest absolute Gasteiger partial charge is 0.497 e. The van der Waals surface area contributed by atoms with Crippen LogP contribution < -0.4 is 15.4 Å². The molecule has 1 aromatic rings. The fraction of sp³-hybridized carbons (Fsp3) is 0.500. The van der Waals surface area contributed by atoms with Crippen molar-refractivity contribution in [1.82, 2.24) is 10.6 Å². The molecule has 0 aromatic heterocycles. The van der Waals surface area contributed by atoms with E-state index in [0.717, 1.165) is 25.7 Å². The van der Waals surface area contributed by atoms with Crippen LogP contribution in [0.1, 0.15) is 49.4 Å². The van der Waals surface area contributed by atoms with Gasteiger partial charge >= 0.3 is 12.0 Å². The number of rotatable bonds is 5. The number of ether oxygens (including phenoxy) is 2. The van der Waals surface area contributed by atoms with E-state index in [2.05, 4.69) is 10.6 Å². The molecule has 7 heteroatoms. The first-order valence-corrected chi connectivity index (χ1v) is 8.46. The van der Waals surface area contributed by atoms with Gasteiger partial charge in [0.2, 0.25) is 0 Å². The summed E-state index contributed by atoms with van der Waals surface area (Å²) in [7, 11) is 1.49. The Bertz CT molecular complexity index is 626. The van der Waals surface area contributed by atoms with Gasteiger partial charge in [0.25, 0.3) is 5.91 Å². The van der Waals surface area contributed by atoms with Crippen molar-refractivity contribution < 1.29 is 23.9 Å². The SMILES string of the molecule is COc1cccc(C(=O)O[C@@H](C)C(=O)NC(=O)NC2CCCCC2)c1. The normalized spacial score (nSPS) is 15.8. The number of hydrogen-bond donors (Lipinski definition) is 2. The van der Waals surface area contributed by atoms with Gasteiger partial charge in [0.1, 0.15) is 5.75 Å². The summed E-state index contributed by atoms with van der Waals surface area (Å²) in [5, 5.41) is 4.99. The Hall–Kier alpha value is -2.57. The van der Waals surface area contributed by atoms with Crippen molar-refractivity contribution in [1.29, 1.82) is 0 Å². The Balaban J connectivity index is 1.82. The molecule has 1 aliphatic carbocycles. The van der Waals surface area contributed by atoms with E-state index in [1.807, 2.05) is 0 Å². The smallest absolute Gasteiger partial charge is 0.339 e. The van der Waals surface area contributed by atoms with Crippen LogP contribution in [0, 0.1) is 0 Å². The van der Waals surface area contributed by atoms with Crippen molar-refractivity contribution in [2.24, 2.45) is 0 Å². The molecule has 0 saturated heterocycles. The molecule has 0 spiro atoms. The number of methoxy groups -OCH3 is 1. The van der Waals surface area contributed by atoms with Crippen molar-refractivity contribution in [3.63, 3.8) is 0 Å². The minimum Gasteiger partial charge on any atom is -0.497 e. The predicted octanol–water partition coefficient (Wildman–Crippen LogP) is 2.40. The van der Waals surface area contributed by atoms with Crippen LogP contribution in [-0.2, 0) is 9.53 Å². The molecule has 0 unspecified atom stereocenters. The van der Waals surface area contributed by atoms with Gasteiger partial charge in [-0.05, 0) is 38.0 Å². The number of esters is 1. The average Bonchev–Trinajstić information content (AvgIpc) is 2.62. The van der Waals surface area contributed by atoms with Gasteiger partial charge < -0.3 is 14.8 Å². The van der Waals surface area contributed by atoms with Crippen molar-refractivity contribution in [3.05, 3.63) is 29.8 Å². The molecule has 2 rings (SSSR count). The van der Waals surface area contributed by atoms with E-state index >= 15 is 0 Å². The molecule has 136 valence electrons. The van der Waals surface area contributed by atoms with Crippen molar-refractivity contribution in [3.8, 4) is 5.75 Å². The molecular formula is C18H24N2O5. The molecule has 7 nitrogen and oxygen atoms in total. The first-order valence-electron chi connectivity index (χ1n) is 8.46. The van der Waals surface area contributed by atoms with Crippen molar-refractivity contribution >= 4 is 17.9 Å². The zero-order valence-electron chi connectivity index (χ0n) is 14.5. The molecule has 1 aromatic carbocycles. The Morgan fingerprint density at radius 1 is 1.16 bits per heavy atom. The van der Waals surface area contributed by atoms with Crippen LogP contribution in [0.4, 0.5) is 4.79 Å². The minimum atomic E-state index is -1.09. The van der Waals surface area contributed by atoms with Gasteiger partial charge in [-0.1, -0.05) is 25.3 Å². The van der Waals surface area contributed by atoms with Gasteiger partial charge in [-0.25, -0.2) is 9.59 Å². The molecule has 25 heavy (non-hydrogen) atoms. The average molecular weight is 348 g/mol. The minimum absolute atomic E-state index is 0.0937. The third-order valence-corrected chi connectivity index (χ3v) is 4.14. The van der Waals surface area contributed by atoms with Gasteiger partial charge in [-0.3, -0.25) is 10.1 Å². The maximum absolute atomic E-state index is 12.1. The molecule has 0 aliphatic heterocycles. The van der Waals surface area contributed by atoms with Crippen LogP contribution in [0.5, 0.6) is 5.75 Å². The van der Waals surface area contributed by atoms with E-state index < -0.39 is 24.0 Å². The quantitative estimate of drug-likeness (QED) is 0.797. The lowest BCUT2D eigenvalue weighted by Gasteiger charge is -2.23. The second-order valence-corrected chi connectivity index (χ2v) is 6.08. The topological polar surface area (TPSA) is 93.7 Å². The van der Waals surface area contributed by atoms with E-state index in [0.29, 0.717) is 5.75 Å². The van der Waals surface area contributed by atoms with Crippen LogP contribution in [0.3, 0.4) is 0 Å². The van der Waals surface area contributed by atoms with E-state index in [-0.39, 0.29) is 11.6 Å². The number of benzene rings is 1. The van der Waals surface area contributed by atoms with E-state index in [4.69, 9.17) is 9.47 Å². The lowest BCUT2D eigenvalue weighted by atomic mass is 9.96. The zero-order chi connectivity index (χ0) is 18.2.